The second kappa shape index (κ2) is 10.9. The summed E-state index contributed by atoms with van der Waals surface area (Å²) in [5, 5.41) is 3.47. The van der Waals surface area contributed by atoms with Crippen LogP contribution in [-0.2, 0) is 9.47 Å². The summed E-state index contributed by atoms with van der Waals surface area (Å²) < 4.78 is 11.9. The summed E-state index contributed by atoms with van der Waals surface area (Å²) in [5.74, 6) is 1.08. The van der Waals surface area contributed by atoms with Crippen molar-refractivity contribution in [2.45, 2.75) is 76.9 Å². The molecule has 3 aliphatic rings. The number of hydrogen-bond acceptors (Lipinski definition) is 3. The molecule has 0 saturated carbocycles. The molecule has 2 heterocycles. The average molecular weight is 364 g/mol. The van der Waals surface area contributed by atoms with Crippen molar-refractivity contribution in [3.63, 3.8) is 0 Å². The maximum atomic E-state index is 6.14. The molecule has 2 fully saturated rings. The van der Waals surface area contributed by atoms with E-state index in [0.717, 1.165) is 71.0 Å². The molecule has 0 aromatic heterocycles. The Hall–Kier alpha value is -1.07. The van der Waals surface area contributed by atoms with Crippen LogP contribution in [-0.4, -0.2) is 62.5 Å². The fourth-order valence-electron chi connectivity index (χ4n) is 4.11. The predicted octanol–water partition coefficient (Wildman–Crippen LogP) is 3.50. The Morgan fingerprint density at radius 1 is 1.27 bits per heavy atom. The standard InChI is InChI=1S/C21H37N3O2/c1-2-22-21(23-13-10-18-7-3-4-8-18)24-14-11-19(12-15-24)26-17-20-9-5-6-16-25-20/h7,19-20H,2-6,8-17H2,1H3,(H,22,23). The Bertz CT molecular complexity index is 464. The first-order chi connectivity index (χ1) is 12.8. The molecule has 3 rings (SSSR count). The number of nitrogens with one attached hydrogen (secondary N) is 1. The van der Waals surface area contributed by atoms with Gasteiger partial charge in [-0.3, -0.25) is 4.99 Å². The molecule has 26 heavy (non-hydrogen) atoms. The van der Waals surface area contributed by atoms with Crippen molar-refractivity contribution in [3.8, 4) is 0 Å². The number of allylic oxidation sites excluding steroid dienone is 1. The molecule has 0 aromatic carbocycles. The van der Waals surface area contributed by atoms with Gasteiger partial charge in [0.05, 0.1) is 18.8 Å². The minimum atomic E-state index is 0.325. The lowest BCUT2D eigenvalue weighted by atomic mass is 10.1. The summed E-state index contributed by atoms with van der Waals surface area (Å²) >= 11 is 0. The van der Waals surface area contributed by atoms with Gasteiger partial charge in [0.15, 0.2) is 5.96 Å². The first kappa shape index (κ1) is 19.7. The smallest absolute Gasteiger partial charge is 0.193 e. The van der Waals surface area contributed by atoms with Crippen LogP contribution in [0.2, 0.25) is 0 Å². The topological polar surface area (TPSA) is 46.1 Å². The summed E-state index contributed by atoms with van der Waals surface area (Å²) in [6.07, 6.45) is 13.9. The molecule has 1 unspecified atom stereocenters. The van der Waals surface area contributed by atoms with Gasteiger partial charge in [0.1, 0.15) is 0 Å². The van der Waals surface area contributed by atoms with Crippen LogP contribution in [0, 0.1) is 0 Å². The van der Waals surface area contributed by atoms with E-state index >= 15 is 0 Å². The van der Waals surface area contributed by atoms with E-state index in [4.69, 9.17) is 14.5 Å². The minimum absolute atomic E-state index is 0.325. The molecule has 1 N–H and O–H groups in total. The van der Waals surface area contributed by atoms with E-state index in [1.165, 1.54) is 32.1 Å². The van der Waals surface area contributed by atoms with Gasteiger partial charge in [0, 0.05) is 32.8 Å². The molecule has 5 heteroatoms. The highest BCUT2D eigenvalue weighted by Crippen LogP contribution is 2.21. The molecular weight excluding hydrogens is 326 g/mol. The van der Waals surface area contributed by atoms with Crippen LogP contribution in [0.3, 0.4) is 0 Å². The lowest BCUT2D eigenvalue weighted by Gasteiger charge is -2.35. The van der Waals surface area contributed by atoms with Crippen LogP contribution in [0.4, 0.5) is 0 Å². The average Bonchev–Trinajstić information content (AvgIpc) is 3.20. The fourth-order valence-corrected chi connectivity index (χ4v) is 4.11. The highest BCUT2D eigenvalue weighted by atomic mass is 16.5. The van der Waals surface area contributed by atoms with Crippen LogP contribution in [0.5, 0.6) is 0 Å². The van der Waals surface area contributed by atoms with E-state index in [1.807, 2.05) is 0 Å². The molecule has 0 bridgehead atoms. The van der Waals surface area contributed by atoms with Crippen molar-refractivity contribution in [2.24, 2.45) is 4.99 Å². The Kier molecular flexibility index (Phi) is 8.27. The van der Waals surface area contributed by atoms with Crippen LogP contribution < -0.4 is 5.32 Å². The Labute approximate surface area is 159 Å². The van der Waals surface area contributed by atoms with Gasteiger partial charge >= 0.3 is 0 Å². The lowest BCUT2D eigenvalue weighted by Crippen LogP contribution is -2.47. The third-order valence-electron chi connectivity index (χ3n) is 5.70. The monoisotopic (exact) mass is 363 g/mol. The van der Waals surface area contributed by atoms with Crippen molar-refractivity contribution in [2.75, 3.05) is 39.4 Å². The summed E-state index contributed by atoms with van der Waals surface area (Å²) in [6.45, 7) is 7.73. The number of likely N-dealkylation sites (tertiary alicyclic amines) is 1. The Balaban J connectivity index is 1.38. The van der Waals surface area contributed by atoms with Gasteiger partial charge in [-0.2, -0.15) is 0 Å². The van der Waals surface area contributed by atoms with Crippen LogP contribution >= 0.6 is 0 Å². The molecule has 0 spiro atoms. The van der Waals surface area contributed by atoms with E-state index in [0.29, 0.717) is 12.2 Å². The van der Waals surface area contributed by atoms with Gasteiger partial charge in [-0.15, -0.1) is 0 Å². The second-order valence-corrected chi connectivity index (χ2v) is 7.75. The molecule has 0 radical (unpaired) electrons. The predicted molar refractivity (Wildman–Crippen MR) is 107 cm³/mol. The SMILES string of the molecule is CCNC(=NCCC1=CCCC1)N1CCC(OCC2CCCCO2)CC1. The normalized spacial score (nSPS) is 25.4. The van der Waals surface area contributed by atoms with E-state index in [2.05, 4.69) is 23.2 Å². The zero-order chi connectivity index (χ0) is 18.0. The van der Waals surface area contributed by atoms with Gasteiger partial charge in [0.25, 0.3) is 0 Å². The Morgan fingerprint density at radius 3 is 2.85 bits per heavy atom. The van der Waals surface area contributed by atoms with Gasteiger partial charge in [-0.25, -0.2) is 0 Å². The molecule has 1 aliphatic carbocycles. The van der Waals surface area contributed by atoms with Gasteiger partial charge in [-0.1, -0.05) is 11.6 Å². The van der Waals surface area contributed by atoms with Crippen LogP contribution in [0.15, 0.2) is 16.6 Å². The van der Waals surface area contributed by atoms with Gasteiger partial charge in [0.2, 0.25) is 0 Å². The number of aliphatic imine (C=N–C) groups is 1. The van der Waals surface area contributed by atoms with E-state index in [9.17, 15) is 0 Å². The van der Waals surface area contributed by atoms with Crippen LogP contribution in [0.1, 0.15) is 64.7 Å². The maximum absolute atomic E-state index is 6.14. The third-order valence-corrected chi connectivity index (χ3v) is 5.70. The van der Waals surface area contributed by atoms with Crippen LogP contribution in [0.25, 0.3) is 0 Å². The molecule has 1 atom stereocenters. The molecule has 0 aromatic rings. The number of rotatable bonds is 7. The maximum Gasteiger partial charge on any atom is 0.193 e. The summed E-state index contributed by atoms with van der Waals surface area (Å²) in [5.41, 5.74) is 1.60. The zero-order valence-corrected chi connectivity index (χ0v) is 16.5. The quantitative estimate of drug-likeness (QED) is 0.427. The van der Waals surface area contributed by atoms with Crippen molar-refractivity contribution in [1.82, 2.24) is 10.2 Å². The number of ether oxygens (including phenoxy) is 2. The summed E-state index contributed by atoms with van der Waals surface area (Å²) in [4.78, 5) is 7.28. The summed E-state index contributed by atoms with van der Waals surface area (Å²) in [7, 11) is 0. The largest absolute Gasteiger partial charge is 0.376 e. The van der Waals surface area contributed by atoms with Gasteiger partial charge < -0.3 is 19.7 Å². The van der Waals surface area contributed by atoms with E-state index in [1.54, 1.807) is 5.57 Å². The fraction of sp³-hybridized carbons (Fsp3) is 0.857. The molecule has 0 amide bonds. The first-order valence-corrected chi connectivity index (χ1v) is 10.8. The number of piperidine rings is 1. The van der Waals surface area contributed by atoms with Crippen molar-refractivity contribution < 1.29 is 9.47 Å². The highest BCUT2D eigenvalue weighted by molar-refractivity contribution is 5.80. The van der Waals surface area contributed by atoms with Crippen molar-refractivity contribution in [1.29, 1.82) is 0 Å². The molecule has 2 saturated heterocycles. The second-order valence-electron chi connectivity index (χ2n) is 7.75. The molecule has 148 valence electrons. The van der Waals surface area contributed by atoms with E-state index in [-0.39, 0.29) is 0 Å². The third kappa shape index (κ3) is 6.27. The first-order valence-electron chi connectivity index (χ1n) is 10.8. The highest BCUT2D eigenvalue weighted by Gasteiger charge is 2.23. The van der Waals surface area contributed by atoms with Crippen molar-refractivity contribution in [3.05, 3.63) is 11.6 Å². The van der Waals surface area contributed by atoms with Gasteiger partial charge in [-0.05, 0) is 64.7 Å². The number of guanidine groups is 1. The zero-order valence-electron chi connectivity index (χ0n) is 16.5. The molecule has 2 aliphatic heterocycles. The van der Waals surface area contributed by atoms with Crippen molar-refractivity contribution >= 4 is 5.96 Å². The van der Waals surface area contributed by atoms with E-state index < -0.39 is 0 Å². The number of nitrogens with zero attached hydrogens (tertiary/aromatic N) is 2. The summed E-state index contributed by atoms with van der Waals surface area (Å²) in [6, 6.07) is 0. The molecular formula is C21H37N3O2. The number of hydrogen-bond donors (Lipinski definition) is 1. The molecule has 5 nitrogen and oxygen atoms in total. The minimum Gasteiger partial charge on any atom is -0.376 e. The Morgan fingerprint density at radius 2 is 2.15 bits per heavy atom. The lowest BCUT2D eigenvalue weighted by molar-refractivity contribution is -0.0721.